The monoisotopic (exact) mass is 476 g/mol. The molecule has 5 atom stereocenters. The number of nitrogens with zero attached hydrogens (tertiary/aromatic N) is 2. The van der Waals surface area contributed by atoms with Crippen LogP contribution in [0, 0.1) is 11.8 Å². The lowest BCUT2D eigenvalue weighted by Gasteiger charge is -2.36. The molecule has 1 unspecified atom stereocenters. The molecule has 8 heteroatoms. The van der Waals surface area contributed by atoms with Crippen LogP contribution in [0.15, 0.2) is 24.3 Å². The van der Waals surface area contributed by atoms with Crippen molar-refractivity contribution in [2.45, 2.75) is 67.9 Å². The molecule has 1 N–H and O–H groups in total. The molecule has 1 spiro atoms. The molecule has 0 aromatic heterocycles. The summed E-state index contributed by atoms with van der Waals surface area (Å²) in [5.41, 5.74) is 0. The fourth-order valence-electron chi connectivity index (χ4n) is 5.95. The molecule has 182 valence electrons. The molecule has 2 fully saturated rings. The maximum atomic E-state index is 13.9. The fourth-order valence-corrected chi connectivity index (χ4v) is 8.10. The van der Waals surface area contributed by atoms with E-state index >= 15 is 0 Å². The van der Waals surface area contributed by atoms with E-state index in [1.165, 1.54) is 4.90 Å². The van der Waals surface area contributed by atoms with Crippen LogP contribution in [0.1, 0.15) is 52.4 Å². The second-order valence-electron chi connectivity index (χ2n) is 9.71. The molecule has 0 saturated carbocycles. The van der Waals surface area contributed by atoms with Gasteiger partial charge in [0, 0.05) is 24.4 Å². The van der Waals surface area contributed by atoms with Crippen molar-refractivity contribution in [3.8, 4) is 0 Å². The maximum absolute atomic E-state index is 13.9. The summed E-state index contributed by atoms with van der Waals surface area (Å²) in [7, 11) is 0. The van der Waals surface area contributed by atoms with E-state index in [9.17, 15) is 19.5 Å². The smallest absolute Gasteiger partial charge is 0.311 e. The Morgan fingerprint density at radius 2 is 1.91 bits per heavy atom. The number of carbonyl (C=O) groups excluding carboxylic acids is 3. The van der Waals surface area contributed by atoms with E-state index in [1.807, 2.05) is 24.0 Å². The molecule has 7 nitrogen and oxygen atoms in total. The number of hydrogen-bond donors (Lipinski definition) is 1. The number of allylic oxidation sites excluding steroid dienone is 1. The van der Waals surface area contributed by atoms with Crippen LogP contribution in [0.3, 0.4) is 0 Å². The predicted octanol–water partition coefficient (Wildman–Crippen LogP) is 2.54. The minimum absolute atomic E-state index is 0.0824. The second kappa shape index (κ2) is 9.82. The molecule has 4 aliphatic heterocycles. The number of fused-ring (bicyclic) bond motifs is 2. The van der Waals surface area contributed by atoms with Crippen LogP contribution in [0.2, 0.25) is 0 Å². The summed E-state index contributed by atoms with van der Waals surface area (Å²) in [6, 6.07) is -0.733. The Morgan fingerprint density at radius 3 is 2.67 bits per heavy atom. The van der Waals surface area contributed by atoms with E-state index < -0.39 is 27.4 Å². The SMILES string of the molecule is CCCCCN1CC=C[C@]23S[C@@]4(C)/C=C\CCCCOC(=O)[C@H]4[C@H]2C(=O)N(CCO)C3C1=O. The molecule has 0 radical (unpaired) electrons. The number of β-amino-alcohol motifs (C(OH)–C–C–N with tert-alkyl or cyclic N) is 1. The van der Waals surface area contributed by atoms with Crippen molar-refractivity contribution < 1.29 is 24.2 Å². The van der Waals surface area contributed by atoms with Crippen molar-refractivity contribution >= 4 is 29.5 Å². The Bertz CT molecular complexity index is 845. The summed E-state index contributed by atoms with van der Waals surface area (Å²) in [6.07, 6.45) is 13.8. The second-order valence-corrected chi connectivity index (χ2v) is 11.5. The van der Waals surface area contributed by atoms with Gasteiger partial charge in [0.2, 0.25) is 11.8 Å². The van der Waals surface area contributed by atoms with Crippen molar-refractivity contribution in [3.05, 3.63) is 24.3 Å². The zero-order valence-electron chi connectivity index (χ0n) is 19.7. The van der Waals surface area contributed by atoms with Gasteiger partial charge in [0.05, 0.1) is 29.8 Å². The number of likely N-dealkylation sites (tertiary alicyclic amines) is 1. The van der Waals surface area contributed by atoms with Gasteiger partial charge in [0.1, 0.15) is 6.04 Å². The largest absolute Gasteiger partial charge is 0.465 e. The Kier molecular flexibility index (Phi) is 7.24. The highest BCUT2D eigenvalue weighted by Gasteiger charge is 2.73. The van der Waals surface area contributed by atoms with E-state index in [4.69, 9.17) is 4.74 Å². The van der Waals surface area contributed by atoms with E-state index in [0.29, 0.717) is 19.7 Å². The number of thioether (sulfide) groups is 1. The molecule has 0 aliphatic carbocycles. The summed E-state index contributed by atoms with van der Waals surface area (Å²) in [5.74, 6) is -2.05. The van der Waals surface area contributed by atoms with Gasteiger partial charge in [-0.2, -0.15) is 0 Å². The molecule has 0 aromatic carbocycles. The quantitative estimate of drug-likeness (QED) is 0.360. The van der Waals surface area contributed by atoms with Crippen LogP contribution >= 0.6 is 11.8 Å². The van der Waals surface area contributed by atoms with Crippen LogP contribution in [0.25, 0.3) is 0 Å². The van der Waals surface area contributed by atoms with E-state index in [2.05, 4.69) is 19.1 Å². The zero-order chi connectivity index (χ0) is 23.6. The number of unbranched alkanes of at least 4 members (excludes halogenated alkanes) is 2. The highest BCUT2D eigenvalue weighted by atomic mass is 32.2. The first-order valence-electron chi connectivity index (χ1n) is 12.3. The number of cyclic esters (lactones) is 1. The van der Waals surface area contributed by atoms with Crippen molar-refractivity contribution in [2.24, 2.45) is 11.8 Å². The lowest BCUT2D eigenvalue weighted by molar-refractivity contribution is -0.154. The minimum atomic E-state index is -0.861. The van der Waals surface area contributed by atoms with E-state index in [0.717, 1.165) is 38.5 Å². The fraction of sp³-hybridized carbons (Fsp3) is 0.720. The molecular weight excluding hydrogens is 440 g/mol. The molecule has 2 amide bonds. The van der Waals surface area contributed by atoms with Crippen molar-refractivity contribution in [2.75, 3.05) is 32.8 Å². The Hall–Kier alpha value is -1.80. The molecule has 2 saturated heterocycles. The Balaban J connectivity index is 1.78. The molecule has 0 bridgehead atoms. The summed E-state index contributed by atoms with van der Waals surface area (Å²) < 4.78 is 4.13. The molecule has 33 heavy (non-hydrogen) atoms. The molecular formula is C25H36N2O5S. The van der Waals surface area contributed by atoms with Gasteiger partial charge in [0.15, 0.2) is 0 Å². The van der Waals surface area contributed by atoms with Gasteiger partial charge >= 0.3 is 5.97 Å². The van der Waals surface area contributed by atoms with Crippen molar-refractivity contribution in [1.82, 2.24) is 9.80 Å². The first-order valence-corrected chi connectivity index (χ1v) is 13.1. The standard InChI is InChI=1S/C25H36N2O5S/c1-3-4-8-13-26-14-10-12-25-18(21(29)27(15-16-28)20(25)22(26)30)19-23(31)32-17-9-6-5-7-11-24(19,2)33-25/h7,10-12,18-20,28H,3-6,8-9,13-17H2,1-2H3/b11-7-/t18-,19+,20?,24-,25-/m0/s1. The van der Waals surface area contributed by atoms with Gasteiger partial charge in [-0.15, -0.1) is 11.8 Å². The van der Waals surface area contributed by atoms with Gasteiger partial charge in [-0.3, -0.25) is 14.4 Å². The summed E-state index contributed by atoms with van der Waals surface area (Å²) in [4.78, 5) is 44.4. The van der Waals surface area contributed by atoms with Crippen LogP contribution < -0.4 is 0 Å². The molecule has 0 aromatic rings. The van der Waals surface area contributed by atoms with Gasteiger partial charge in [-0.25, -0.2) is 0 Å². The number of carbonyl (C=O) groups is 3. The van der Waals surface area contributed by atoms with Gasteiger partial charge in [-0.1, -0.05) is 44.1 Å². The van der Waals surface area contributed by atoms with Gasteiger partial charge in [0.25, 0.3) is 0 Å². The average molecular weight is 477 g/mol. The normalized spacial score (nSPS) is 37.3. The van der Waals surface area contributed by atoms with Crippen molar-refractivity contribution in [1.29, 1.82) is 0 Å². The van der Waals surface area contributed by atoms with Gasteiger partial charge in [-0.05, 0) is 32.6 Å². The third-order valence-corrected chi connectivity index (χ3v) is 9.25. The zero-order valence-corrected chi connectivity index (χ0v) is 20.5. The number of aliphatic hydroxyl groups is 1. The number of rotatable bonds is 6. The summed E-state index contributed by atoms with van der Waals surface area (Å²) in [6.45, 7) is 5.47. The molecule has 4 heterocycles. The number of ether oxygens (including phenoxy) is 1. The number of amides is 2. The number of aliphatic hydroxyl groups excluding tert-OH is 1. The minimum Gasteiger partial charge on any atom is -0.465 e. The topological polar surface area (TPSA) is 87.2 Å². The summed E-state index contributed by atoms with van der Waals surface area (Å²) >= 11 is 1.56. The lowest BCUT2D eigenvalue weighted by Crippen LogP contribution is -2.54. The lowest BCUT2D eigenvalue weighted by atomic mass is 9.74. The van der Waals surface area contributed by atoms with Crippen LogP contribution in [-0.4, -0.2) is 81.1 Å². The van der Waals surface area contributed by atoms with Crippen molar-refractivity contribution in [3.63, 3.8) is 0 Å². The first-order chi connectivity index (χ1) is 15.9. The van der Waals surface area contributed by atoms with E-state index in [1.54, 1.807) is 11.8 Å². The van der Waals surface area contributed by atoms with Crippen LogP contribution in [-0.2, 0) is 19.1 Å². The predicted molar refractivity (Wildman–Crippen MR) is 127 cm³/mol. The number of hydrogen-bond acceptors (Lipinski definition) is 6. The Morgan fingerprint density at radius 1 is 1.09 bits per heavy atom. The summed E-state index contributed by atoms with van der Waals surface area (Å²) in [5, 5.41) is 9.73. The highest BCUT2D eigenvalue weighted by Crippen LogP contribution is 2.65. The van der Waals surface area contributed by atoms with Gasteiger partial charge < -0.3 is 19.6 Å². The van der Waals surface area contributed by atoms with E-state index in [-0.39, 0.29) is 30.9 Å². The highest BCUT2D eigenvalue weighted by molar-refractivity contribution is 8.02. The Labute approximate surface area is 200 Å². The first kappa shape index (κ1) is 24.3. The third kappa shape index (κ3) is 4.14. The maximum Gasteiger partial charge on any atom is 0.311 e. The third-order valence-electron chi connectivity index (χ3n) is 7.46. The molecule has 4 aliphatic rings. The average Bonchev–Trinajstić information content (AvgIpc) is 3.10. The van der Waals surface area contributed by atoms with Crippen LogP contribution in [0.5, 0.6) is 0 Å². The number of esters is 1. The van der Waals surface area contributed by atoms with Crippen LogP contribution in [0.4, 0.5) is 0 Å². The molecule has 4 rings (SSSR count).